The standard InChI is InChI=1S/C22H24Cl2N2O4S/c1-15(27)26(31-19-4-2-3-16(9-19)11-22(28)29)14-18-13-25(7-8-30-18)12-17-5-6-20(23)21(24)10-17/h2-6,9-10,18H,7-8,11-14H2,1H3,(H,28,29)/t18-/m0/s1. The van der Waals surface area contributed by atoms with Gasteiger partial charge in [-0.2, -0.15) is 0 Å². The number of carbonyl (C=O) groups is 2. The highest BCUT2D eigenvalue weighted by Crippen LogP contribution is 2.26. The summed E-state index contributed by atoms with van der Waals surface area (Å²) in [7, 11) is 0. The molecule has 0 aliphatic carbocycles. The van der Waals surface area contributed by atoms with Gasteiger partial charge in [0.2, 0.25) is 5.91 Å². The van der Waals surface area contributed by atoms with Crippen molar-refractivity contribution in [1.82, 2.24) is 9.21 Å². The van der Waals surface area contributed by atoms with Gasteiger partial charge in [0.25, 0.3) is 0 Å². The Morgan fingerprint density at radius 1 is 1.19 bits per heavy atom. The van der Waals surface area contributed by atoms with E-state index in [4.69, 9.17) is 33.0 Å². The molecule has 2 aromatic carbocycles. The zero-order chi connectivity index (χ0) is 22.4. The molecule has 1 atom stereocenters. The number of carboxylic acids is 1. The van der Waals surface area contributed by atoms with E-state index in [9.17, 15) is 9.59 Å². The topological polar surface area (TPSA) is 70.1 Å². The van der Waals surface area contributed by atoms with Gasteiger partial charge in [-0.05, 0) is 47.3 Å². The van der Waals surface area contributed by atoms with E-state index in [1.54, 1.807) is 28.6 Å². The lowest BCUT2D eigenvalue weighted by Crippen LogP contribution is -2.46. The van der Waals surface area contributed by atoms with Crippen LogP contribution in [0.4, 0.5) is 0 Å². The minimum Gasteiger partial charge on any atom is -0.481 e. The fourth-order valence-electron chi connectivity index (χ4n) is 3.36. The molecule has 0 radical (unpaired) electrons. The number of carbonyl (C=O) groups excluding carboxylic acids is 1. The van der Waals surface area contributed by atoms with Crippen LogP contribution >= 0.6 is 35.1 Å². The van der Waals surface area contributed by atoms with Gasteiger partial charge in [0.05, 0.1) is 35.7 Å². The lowest BCUT2D eigenvalue weighted by atomic mass is 10.2. The number of amides is 1. The zero-order valence-corrected chi connectivity index (χ0v) is 19.4. The number of hydrogen-bond acceptors (Lipinski definition) is 5. The third-order valence-electron chi connectivity index (χ3n) is 4.80. The summed E-state index contributed by atoms with van der Waals surface area (Å²) in [5, 5.41) is 10.1. The summed E-state index contributed by atoms with van der Waals surface area (Å²) in [5.41, 5.74) is 1.77. The first-order valence-electron chi connectivity index (χ1n) is 9.85. The van der Waals surface area contributed by atoms with Crippen molar-refractivity contribution in [2.24, 2.45) is 0 Å². The van der Waals surface area contributed by atoms with Crippen LogP contribution in [0.2, 0.25) is 10.0 Å². The Balaban J connectivity index is 1.61. The summed E-state index contributed by atoms with van der Waals surface area (Å²) in [6, 6.07) is 12.9. The van der Waals surface area contributed by atoms with E-state index in [0.717, 1.165) is 23.5 Å². The molecule has 1 amide bonds. The fraction of sp³-hybridized carbons (Fsp3) is 0.364. The van der Waals surface area contributed by atoms with Crippen LogP contribution in [0.25, 0.3) is 0 Å². The first kappa shape index (κ1) is 23.9. The van der Waals surface area contributed by atoms with Gasteiger partial charge in [-0.15, -0.1) is 0 Å². The third-order valence-corrected chi connectivity index (χ3v) is 6.63. The quantitative estimate of drug-likeness (QED) is 0.563. The minimum absolute atomic E-state index is 0.0517. The summed E-state index contributed by atoms with van der Waals surface area (Å²) >= 11 is 13.4. The van der Waals surface area contributed by atoms with Crippen LogP contribution < -0.4 is 0 Å². The van der Waals surface area contributed by atoms with Crippen molar-refractivity contribution in [3.05, 3.63) is 63.6 Å². The van der Waals surface area contributed by atoms with Crippen molar-refractivity contribution >= 4 is 47.0 Å². The van der Waals surface area contributed by atoms with Crippen molar-refractivity contribution < 1.29 is 19.4 Å². The molecule has 0 unspecified atom stereocenters. The SMILES string of the molecule is CC(=O)N(C[C@@H]1CN(Cc2ccc(Cl)c(Cl)c2)CCO1)Sc1cccc(CC(=O)O)c1. The minimum atomic E-state index is -0.886. The Labute approximate surface area is 196 Å². The molecule has 1 fully saturated rings. The second-order valence-electron chi connectivity index (χ2n) is 7.37. The van der Waals surface area contributed by atoms with Crippen LogP contribution in [0, 0.1) is 0 Å². The largest absolute Gasteiger partial charge is 0.481 e. The monoisotopic (exact) mass is 482 g/mol. The van der Waals surface area contributed by atoms with Gasteiger partial charge in [-0.1, -0.05) is 41.4 Å². The highest BCUT2D eigenvalue weighted by atomic mass is 35.5. The lowest BCUT2D eigenvalue weighted by molar-refractivity contribution is -0.136. The van der Waals surface area contributed by atoms with Crippen LogP contribution in [0.1, 0.15) is 18.1 Å². The van der Waals surface area contributed by atoms with Gasteiger partial charge in [-0.25, -0.2) is 0 Å². The lowest BCUT2D eigenvalue weighted by Gasteiger charge is -2.35. The number of aliphatic carboxylic acids is 1. The number of benzene rings is 2. The summed E-state index contributed by atoms with van der Waals surface area (Å²) in [6.07, 6.45) is -0.181. The molecule has 1 heterocycles. The van der Waals surface area contributed by atoms with Crippen molar-refractivity contribution in [3.63, 3.8) is 0 Å². The third kappa shape index (κ3) is 7.40. The van der Waals surface area contributed by atoms with Crippen LogP contribution in [0.3, 0.4) is 0 Å². The molecule has 1 aliphatic heterocycles. The summed E-state index contributed by atoms with van der Waals surface area (Å²) < 4.78 is 7.57. The Hall–Kier alpha value is -1.77. The Kier molecular flexibility index (Phi) is 8.63. The van der Waals surface area contributed by atoms with Gasteiger partial charge in [-0.3, -0.25) is 18.8 Å². The molecule has 2 aromatic rings. The van der Waals surface area contributed by atoms with E-state index in [0.29, 0.717) is 35.3 Å². The number of ether oxygens (including phenoxy) is 1. The number of nitrogens with zero attached hydrogens (tertiary/aromatic N) is 2. The van der Waals surface area contributed by atoms with E-state index >= 15 is 0 Å². The average molecular weight is 483 g/mol. The van der Waals surface area contributed by atoms with Gasteiger partial charge >= 0.3 is 5.97 Å². The number of carboxylic acid groups (broad SMARTS) is 1. The highest BCUT2D eigenvalue weighted by molar-refractivity contribution is 7.97. The van der Waals surface area contributed by atoms with Crippen molar-refractivity contribution in [1.29, 1.82) is 0 Å². The van der Waals surface area contributed by atoms with E-state index in [1.165, 1.54) is 18.9 Å². The molecule has 166 valence electrons. The summed E-state index contributed by atoms with van der Waals surface area (Å²) in [4.78, 5) is 26.3. The molecule has 0 aromatic heterocycles. The maximum Gasteiger partial charge on any atom is 0.307 e. The molecule has 31 heavy (non-hydrogen) atoms. The van der Waals surface area contributed by atoms with Crippen LogP contribution in [-0.2, 0) is 27.3 Å². The average Bonchev–Trinajstić information content (AvgIpc) is 2.70. The summed E-state index contributed by atoms with van der Waals surface area (Å²) in [6.45, 7) is 4.73. The maximum atomic E-state index is 12.2. The predicted molar refractivity (Wildman–Crippen MR) is 123 cm³/mol. The summed E-state index contributed by atoms with van der Waals surface area (Å²) in [5.74, 6) is -0.970. The maximum absolute atomic E-state index is 12.2. The van der Waals surface area contributed by atoms with Gasteiger partial charge in [0.15, 0.2) is 0 Å². The number of hydrogen-bond donors (Lipinski definition) is 1. The molecular formula is C22H24Cl2N2O4S. The first-order chi connectivity index (χ1) is 14.8. The normalized spacial score (nSPS) is 16.8. The zero-order valence-electron chi connectivity index (χ0n) is 17.1. The molecule has 6 nitrogen and oxygen atoms in total. The van der Waals surface area contributed by atoms with E-state index in [-0.39, 0.29) is 18.4 Å². The second kappa shape index (κ2) is 11.2. The van der Waals surface area contributed by atoms with Gasteiger partial charge in [0.1, 0.15) is 0 Å². The molecule has 1 N–H and O–H groups in total. The van der Waals surface area contributed by atoms with Crippen LogP contribution in [0.5, 0.6) is 0 Å². The molecule has 1 aliphatic rings. The van der Waals surface area contributed by atoms with Gasteiger partial charge in [0, 0.05) is 31.5 Å². The van der Waals surface area contributed by atoms with Gasteiger partial charge < -0.3 is 9.84 Å². The molecule has 0 spiro atoms. The van der Waals surface area contributed by atoms with E-state index in [2.05, 4.69) is 4.90 Å². The fourth-order valence-corrected chi connectivity index (χ4v) is 4.65. The second-order valence-corrected chi connectivity index (χ2v) is 9.27. The molecule has 0 saturated carbocycles. The smallest absolute Gasteiger partial charge is 0.307 e. The highest BCUT2D eigenvalue weighted by Gasteiger charge is 2.25. The first-order valence-corrected chi connectivity index (χ1v) is 11.4. The molecule has 0 bridgehead atoms. The Morgan fingerprint density at radius 2 is 2.00 bits per heavy atom. The number of halogens is 2. The van der Waals surface area contributed by atoms with Crippen molar-refractivity contribution in [2.75, 3.05) is 26.2 Å². The molecular weight excluding hydrogens is 459 g/mol. The molecule has 1 saturated heterocycles. The Bertz CT molecular complexity index is 943. The van der Waals surface area contributed by atoms with Crippen LogP contribution in [-0.4, -0.2) is 58.5 Å². The van der Waals surface area contributed by atoms with E-state index < -0.39 is 5.97 Å². The number of rotatable bonds is 8. The van der Waals surface area contributed by atoms with Crippen LogP contribution in [0.15, 0.2) is 47.4 Å². The number of morpholine rings is 1. The Morgan fingerprint density at radius 3 is 2.71 bits per heavy atom. The van der Waals surface area contributed by atoms with Crippen molar-refractivity contribution in [2.45, 2.75) is 30.9 Å². The molecule has 9 heteroatoms. The predicted octanol–water partition coefficient (Wildman–Crippen LogP) is 4.38. The van der Waals surface area contributed by atoms with Crippen molar-refractivity contribution in [3.8, 4) is 0 Å². The molecule has 3 rings (SSSR count). The van der Waals surface area contributed by atoms with E-state index in [1.807, 2.05) is 18.2 Å².